The predicted molar refractivity (Wildman–Crippen MR) is 122 cm³/mol. The Morgan fingerprint density at radius 1 is 0.935 bits per heavy atom. The maximum Gasteiger partial charge on any atom is 0.165 e. The molecule has 0 bridgehead atoms. The normalized spacial score (nSPS) is 13.3. The molecule has 1 aliphatic heterocycles. The van der Waals surface area contributed by atoms with Gasteiger partial charge in [0.1, 0.15) is 5.82 Å². The number of fused-ring (bicyclic) bond motifs is 2. The van der Waals surface area contributed by atoms with Crippen LogP contribution in [-0.4, -0.2) is 34.5 Å². The van der Waals surface area contributed by atoms with Gasteiger partial charge in [-0.25, -0.2) is 4.39 Å². The number of benzene rings is 2. The zero-order chi connectivity index (χ0) is 21.9. The molecule has 0 unspecified atom stereocenters. The molecule has 0 fully saturated rings. The van der Waals surface area contributed by atoms with Crippen LogP contribution in [0.1, 0.15) is 34.0 Å². The predicted octanol–water partition coefficient (Wildman–Crippen LogP) is 5.57. The molecule has 0 saturated carbocycles. The van der Waals surface area contributed by atoms with E-state index in [9.17, 15) is 4.39 Å². The average Bonchev–Trinajstić information content (AvgIpc) is 3.32. The lowest BCUT2D eigenvalue weighted by atomic mass is 9.82. The van der Waals surface area contributed by atoms with Gasteiger partial charge in [0, 0.05) is 48.2 Å². The minimum Gasteiger partial charge on any atom is -0.378 e. The SMILES string of the molecule is Cc1[nH]nc2c1C(c1ccc(N(C)C)cc1)c1c(n[nH]c1C)N2c1ccc(F)c(Cl)c1. The fourth-order valence-electron chi connectivity index (χ4n) is 4.29. The molecule has 31 heavy (non-hydrogen) atoms. The highest BCUT2D eigenvalue weighted by molar-refractivity contribution is 6.31. The van der Waals surface area contributed by atoms with Crippen LogP contribution in [0.3, 0.4) is 0 Å². The molecule has 2 N–H and O–H groups in total. The Morgan fingerprint density at radius 2 is 1.52 bits per heavy atom. The van der Waals surface area contributed by atoms with Gasteiger partial charge in [0.15, 0.2) is 11.6 Å². The molecule has 0 saturated heterocycles. The van der Waals surface area contributed by atoms with Crippen molar-refractivity contribution in [2.75, 3.05) is 23.9 Å². The van der Waals surface area contributed by atoms with Gasteiger partial charge in [-0.2, -0.15) is 10.2 Å². The van der Waals surface area contributed by atoms with Crippen molar-refractivity contribution in [1.29, 1.82) is 0 Å². The van der Waals surface area contributed by atoms with Gasteiger partial charge < -0.3 is 4.90 Å². The van der Waals surface area contributed by atoms with Gasteiger partial charge in [0.05, 0.1) is 10.7 Å². The van der Waals surface area contributed by atoms with Gasteiger partial charge in [-0.05, 0) is 49.7 Å². The van der Waals surface area contributed by atoms with Gasteiger partial charge in [-0.1, -0.05) is 23.7 Å². The lowest BCUT2D eigenvalue weighted by molar-refractivity contribution is 0.628. The van der Waals surface area contributed by atoms with E-state index in [1.54, 1.807) is 12.1 Å². The summed E-state index contributed by atoms with van der Waals surface area (Å²) in [5.41, 5.74) is 7.06. The summed E-state index contributed by atoms with van der Waals surface area (Å²) in [7, 11) is 4.05. The number of nitrogens with zero attached hydrogens (tertiary/aromatic N) is 4. The van der Waals surface area contributed by atoms with Crippen molar-refractivity contribution >= 4 is 34.6 Å². The zero-order valence-corrected chi connectivity index (χ0v) is 18.4. The zero-order valence-electron chi connectivity index (χ0n) is 17.7. The molecule has 4 aromatic rings. The molecular weight excluding hydrogens is 415 g/mol. The van der Waals surface area contributed by atoms with Crippen molar-refractivity contribution in [3.63, 3.8) is 0 Å². The van der Waals surface area contributed by atoms with Crippen LogP contribution in [0.15, 0.2) is 42.5 Å². The molecule has 158 valence electrons. The van der Waals surface area contributed by atoms with Gasteiger partial charge in [0.2, 0.25) is 0 Å². The lowest BCUT2D eigenvalue weighted by Gasteiger charge is -2.32. The summed E-state index contributed by atoms with van der Waals surface area (Å²) >= 11 is 6.10. The van der Waals surface area contributed by atoms with E-state index in [0.717, 1.165) is 45.4 Å². The van der Waals surface area contributed by atoms with Gasteiger partial charge >= 0.3 is 0 Å². The average molecular weight is 437 g/mol. The molecule has 0 spiro atoms. The van der Waals surface area contributed by atoms with Gasteiger partial charge in [-0.15, -0.1) is 0 Å². The molecule has 3 heterocycles. The van der Waals surface area contributed by atoms with Crippen molar-refractivity contribution < 1.29 is 4.39 Å². The second-order valence-corrected chi connectivity index (χ2v) is 8.43. The van der Waals surface area contributed by atoms with Crippen LogP contribution in [0.25, 0.3) is 0 Å². The quantitative estimate of drug-likeness (QED) is 0.388. The first-order valence-corrected chi connectivity index (χ1v) is 10.4. The highest BCUT2D eigenvalue weighted by Crippen LogP contribution is 2.52. The molecule has 2 aromatic carbocycles. The topological polar surface area (TPSA) is 63.8 Å². The van der Waals surface area contributed by atoms with Crippen LogP contribution in [-0.2, 0) is 0 Å². The number of anilines is 4. The van der Waals surface area contributed by atoms with Crippen LogP contribution >= 0.6 is 11.6 Å². The fourth-order valence-corrected chi connectivity index (χ4v) is 4.47. The number of hydrogen-bond donors (Lipinski definition) is 2. The third-order valence-corrected chi connectivity index (χ3v) is 6.14. The first-order chi connectivity index (χ1) is 14.9. The number of aromatic amines is 2. The Labute approximate surface area is 184 Å². The second-order valence-electron chi connectivity index (χ2n) is 8.02. The third kappa shape index (κ3) is 2.99. The van der Waals surface area contributed by atoms with E-state index in [1.165, 1.54) is 6.07 Å². The first kappa shape index (κ1) is 19.6. The third-order valence-electron chi connectivity index (χ3n) is 5.85. The molecule has 0 aliphatic carbocycles. The largest absolute Gasteiger partial charge is 0.378 e. The van der Waals surface area contributed by atoms with Crippen molar-refractivity contribution in [2.24, 2.45) is 0 Å². The number of H-pyrrole nitrogens is 2. The van der Waals surface area contributed by atoms with E-state index in [-0.39, 0.29) is 10.9 Å². The summed E-state index contributed by atoms with van der Waals surface area (Å²) in [6.45, 7) is 4.03. The molecule has 8 heteroatoms. The van der Waals surface area contributed by atoms with Crippen LogP contribution in [0, 0.1) is 19.7 Å². The number of aryl methyl sites for hydroxylation is 2. The Kier molecular flexibility index (Phi) is 4.51. The molecule has 5 rings (SSSR count). The maximum atomic E-state index is 13.8. The van der Waals surface area contributed by atoms with E-state index >= 15 is 0 Å². The number of halogens is 2. The smallest absolute Gasteiger partial charge is 0.165 e. The standard InChI is InChI=1S/C23H22ClFN6/c1-12-19-21(14-5-7-15(8-6-14)30(3)4)20-13(2)27-29-23(20)31(22(19)28-26-12)16-9-10-18(25)17(24)11-16/h5-11,21H,1-4H3,(H,26,28)(H,27,29). The monoisotopic (exact) mass is 436 g/mol. The molecule has 1 aliphatic rings. The summed E-state index contributed by atoms with van der Waals surface area (Å²) in [5, 5.41) is 15.5. The molecule has 2 aromatic heterocycles. The first-order valence-electron chi connectivity index (χ1n) is 9.99. The van der Waals surface area contributed by atoms with Gasteiger partial charge in [0.25, 0.3) is 0 Å². The van der Waals surface area contributed by atoms with Crippen LogP contribution in [0.5, 0.6) is 0 Å². The Morgan fingerprint density at radius 3 is 2.03 bits per heavy atom. The molecule has 0 radical (unpaired) electrons. The fraction of sp³-hybridized carbons (Fsp3) is 0.217. The van der Waals surface area contributed by atoms with Crippen molar-refractivity contribution in [3.8, 4) is 0 Å². The molecule has 0 amide bonds. The molecule has 6 nitrogen and oxygen atoms in total. The van der Waals surface area contributed by atoms with E-state index in [2.05, 4.69) is 49.6 Å². The molecular formula is C23H22ClFN6. The summed E-state index contributed by atoms with van der Waals surface area (Å²) in [6.07, 6.45) is 0. The van der Waals surface area contributed by atoms with Crippen LogP contribution in [0.4, 0.5) is 27.4 Å². The van der Waals surface area contributed by atoms with Crippen molar-refractivity contribution in [3.05, 3.63) is 81.4 Å². The second kappa shape index (κ2) is 7.13. The minimum atomic E-state index is -0.460. The molecule has 0 atom stereocenters. The number of aromatic nitrogens is 4. The summed E-state index contributed by atoms with van der Waals surface area (Å²) < 4.78 is 13.8. The van der Waals surface area contributed by atoms with E-state index in [1.807, 2.05) is 32.8 Å². The summed E-state index contributed by atoms with van der Waals surface area (Å²) in [4.78, 5) is 4.00. The number of hydrogen-bond acceptors (Lipinski definition) is 4. The minimum absolute atomic E-state index is 0.0362. The number of rotatable bonds is 3. The number of nitrogens with one attached hydrogen (secondary N) is 2. The summed E-state index contributed by atoms with van der Waals surface area (Å²) in [5.74, 6) is 0.978. The highest BCUT2D eigenvalue weighted by atomic mass is 35.5. The Hall–Kier alpha value is -3.32. The van der Waals surface area contributed by atoms with Gasteiger partial charge in [-0.3, -0.25) is 15.1 Å². The van der Waals surface area contributed by atoms with Crippen LogP contribution in [0.2, 0.25) is 5.02 Å². The van der Waals surface area contributed by atoms with E-state index in [4.69, 9.17) is 11.6 Å². The van der Waals surface area contributed by atoms with Crippen molar-refractivity contribution in [1.82, 2.24) is 20.4 Å². The maximum absolute atomic E-state index is 13.8. The highest BCUT2D eigenvalue weighted by Gasteiger charge is 2.39. The van der Waals surface area contributed by atoms with Crippen LogP contribution < -0.4 is 9.80 Å². The Bertz CT molecular complexity index is 1230. The summed E-state index contributed by atoms with van der Waals surface area (Å²) in [6, 6.07) is 13.2. The van der Waals surface area contributed by atoms with Crippen molar-refractivity contribution in [2.45, 2.75) is 19.8 Å². The lowest BCUT2D eigenvalue weighted by Crippen LogP contribution is -2.22. The Balaban J connectivity index is 1.73. The van der Waals surface area contributed by atoms with E-state index in [0.29, 0.717) is 5.69 Å². The van der Waals surface area contributed by atoms with E-state index < -0.39 is 5.82 Å².